The third kappa shape index (κ3) is 3.89. The van der Waals surface area contributed by atoms with E-state index in [0.29, 0.717) is 0 Å². The Hall–Kier alpha value is -0.113. The normalized spacial score (nSPS) is 6.80. The van der Waals surface area contributed by atoms with Gasteiger partial charge in [-0.05, 0) is 5.80 Å². The van der Waals surface area contributed by atoms with Crippen molar-refractivity contribution in [2.45, 2.75) is 13.1 Å². The topological polar surface area (TPSA) is 26.0 Å². The van der Waals surface area contributed by atoms with Crippen LogP contribution in [0.4, 0.5) is 0 Å². The van der Waals surface area contributed by atoms with Crippen LogP contribution in [0.5, 0.6) is 0 Å². The van der Waals surface area contributed by atoms with Crippen molar-refractivity contribution in [1.82, 2.24) is 0 Å². The Morgan fingerprint density at radius 2 is 1.80 bits per heavy atom. The van der Waals surface area contributed by atoms with Crippen molar-refractivity contribution >= 4 is 14.2 Å². The van der Waals surface area contributed by atoms with Crippen molar-refractivity contribution in [2.75, 3.05) is 0 Å². The van der Waals surface area contributed by atoms with Gasteiger partial charge in [-0.25, -0.2) is 0 Å². The molecule has 2 heteroatoms. The van der Waals surface area contributed by atoms with Gasteiger partial charge < -0.3 is 5.73 Å². The van der Waals surface area contributed by atoms with Gasteiger partial charge in [-0.2, -0.15) is 0 Å². The van der Waals surface area contributed by atoms with Gasteiger partial charge in [0.2, 0.25) is 0 Å². The standard InChI is InChI=1S/C3H9NSi/c1-5(2)3-4/h3H,4H2,1-2H3. The third-order valence-corrected chi connectivity index (χ3v) is 1.00. The van der Waals surface area contributed by atoms with Crippen molar-refractivity contribution in [3.63, 3.8) is 0 Å². The summed E-state index contributed by atoms with van der Waals surface area (Å²) in [6.45, 7) is 4.29. The summed E-state index contributed by atoms with van der Waals surface area (Å²) >= 11 is 0. The molecule has 2 N–H and O–H groups in total. The second-order valence-electron chi connectivity index (χ2n) is 1.24. The maximum absolute atomic E-state index is 5.09. The van der Waals surface area contributed by atoms with Gasteiger partial charge in [-0.15, -0.1) is 0 Å². The lowest BCUT2D eigenvalue weighted by Gasteiger charge is -1.72. The molecule has 0 heterocycles. The van der Waals surface area contributed by atoms with E-state index in [0.717, 1.165) is 0 Å². The summed E-state index contributed by atoms with van der Waals surface area (Å²) in [5, 5.41) is 0. The first-order valence-electron chi connectivity index (χ1n) is 1.62. The lowest BCUT2D eigenvalue weighted by molar-refractivity contribution is 1.90. The van der Waals surface area contributed by atoms with E-state index in [4.69, 9.17) is 5.73 Å². The zero-order valence-corrected chi connectivity index (χ0v) is 4.65. The minimum Gasteiger partial charge on any atom is -0.409 e. The lowest BCUT2D eigenvalue weighted by atomic mass is 11.6. The molecule has 0 saturated heterocycles. The molecule has 0 amide bonds. The molecule has 0 aromatic rings. The summed E-state index contributed by atoms with van der Waals surface area (Å²) in [6, 6.07) is 0. The molecule has 0 saturated carbocycles. The van der Waals surface area contributed by atoms with E-state index in [1.54, 1.807) is 5.80 Å². The van der Waals surface area contributed by atoms with E-state index >= 15 is 0 Å². The van der Waals surface area contributed by atoms with E-state index in [-0.39, 0.29) is 8.41 Å². The number of hydrogen-bond donors (Lipinski definition) is 1. The molecule has 1 nitrogen and oxygen atoms in total. The SMILES string of the molecule is C[Si](C)=CN. The minimum atomic E-state index is -0.221. The lowest BCUT2D eigenvalue weighted by Crippen LogP contribution is -2.00. The van der Waals surface area contributed by atoms with Gasteiger partial charge in [0.05, 0.1) is 0 Å². The summed E-state index contributed by atoms with van der Waals surface area (Å²) in [5.74, 6) is 1.77. The second-order valence-corrected chi connectivity index (χ2v) is 3.73. The molecule has 0 aliphatic heterocycles. The first-order chi connectivity index (χ1) is 2.27. The van der Waals surface area contributed by atoms with Gasteiger partial charge in [0.15, 0.2) is 0 Å². The number of hydrogen-bond acceptors (Lipinski definition) is 1. The van der Waals surface area contributed by atoms with Gasteiger partial charge in [0.25, 0.3) is 0 Å². The van der Waals surface area contributed by atoms with Gasteiger partial charge in [0, 0.05) is 8.41 Å². The highest BCUT2D eigenvalue weighted by atomic mass is 28.2. The fraction of sp³-hybridized carbons (Fsp3) is 0.667. The molecular weight excluding hydrogens is 78.1 g/mol. The minimum absolute atomic E-state index is 0.221. The van der Waals surface area contributed by atoms with Gasteiger partial charge >= 0.3 is 0 Å². The molecule has 5 heavy (non-hydrogen) atoms. The molecule has 0 spiro atoms. The van der Waals surface area contributed by atoms with E-state index in [2.05, 4.69) is 13.1 Å². The van der Waals surface area contributed by atoms with Crippen LogP contribution in [0.1, 0.15) is 0 Å². The van der Waals surface area contributed by atoms with Crippen LogP contribution in [0.25, 0.3) is 0 Å². The zero-order valence-electron chi connectivity index (χ0n) is 3.65. The van der Waals surface area contributed by atoms with Gasteiger partial charge in [-0.1, -0.05) is 13.1 Å². The maximum Gasteiger partial charge on any atom is 0.0236 e. The summed E-state index contributed by atoms with van der Waals surface area (Å²) in [6.07, 6.45) is 0. The molecule has 0 aliphatic carbocycles. The molecule has 0 bridgehead atoms. The molecule has 0 unspecified atom stereocenters. The highest BCUT2D eigenvalue weighted by molar-refractivity contribution is 6.62. The molecule has 0 fully saturated rings. The first kappa shape index (κ1) is 4.89. The molecule has 0 atom stereocenters. The van der Waals surface area contributed by atoms with Crippen molar-refractivity contribution < 1.29 is 0 Å². The van der Waals surface area contributed by atoms with Crippen molar-refractivity contribution in [1.29, 1.82) is 0 Å². The Balaban J connectivity index is 3.14. The van der Waals surface area contributed by atoms with Crippen LogP contribution in [-0.4, -0.2) is 14.2 Å². The van der Waals surface area contributed by atoms with Crippen LogP contribution in [0, 0.1) is 0 Å². The zero-order chi connectivity index (χ0) is 4.28. The van der Waals surface area contributed by atoms with Crippen molar-refractivity contribution in [3.8, 4) is 0 Å². The van der Waals surface area contributed by atoms with Crippen LogP contribution >= 0.6 is 0 Å². The molecular formula is C3H9NSi. The Morgan fingerprint density at radius 3 is 1.80 bits per heavy atom. The predicted molar refractivity (Wildman–Crippen MR) is 27.7 cm³/mol. The molecule has 0 radical (unpaired) electrons. The number of rotatable bonds is 0. The van der Waals surface area contributed by atoms with Crippen molar-refractivity contribution in [3.05, 3.63) is 0 Å². The average molecular weight is 87.2 g/mol. The highest BCUT2D eigenvalue weighted by Crippen LogP contribution is 1.52. The van der Waals surface area contributed by atoms with Crippen LogP contribution in [0.3, 0.4) is 0 Å². The van der Waals surface area contributed by atoms with Crippen LogP contribution in [-0.2, 0) is 0 Å². The first-order valence-corrected chi connectivity index (χ1v) is 4.20. The largest absolute Gasteiger partial charge is 0.409 e. The molecule has 0 aromatic heterocycles. The van der Waals surface area contributed by atoms with E-state index < -0.39 is 0 Å². The Labute approximate surface area is 34.0 Å². The second kappa shape index (κ2) is 2.14. The summed E-state index contributed by atoms with van der Waals surface area (Å²) < 4.78 is 0. The van der Waals surface area contributed by atoms with E-state index in [1.165, 1.54) is 0 Å². The van der Waals surface area contributed by atoms with E-state index in [9.17, 15) is 0 Å². The molecule has 0 rings (SSSR count). The number of nitrogens with two attached hydrogens (primary N) is 1. The van der Waals surface area contributed by atoms with Crippen LogP contribution < -0.4 is 5.73 Å². The van der Waals surface area contributed by atoms with Crippen LogP contribution in [0.2, 0.25) is 13.1 Å². The van der Waals surface area contributed by atoms with E-state index in [1.807, 2.05) is 0 Å². The Morgan fingerprint density at radius 1 is 1.60 bits per heavy atom. The molecule has 0 aliphatic rings. The monoisotopic (exact) mass is 87.1 g/mol. The Kier molecular flexibility index (Phi) is 2.10. The molecule has 30 valence electrons. The highest BCUT2D eigenvalue weighted by Gasteiger charge is 1.64. The van der Waals surface area contributed by atoms with Crippen molar-refractivity contribution in [2.24, 2.45) is 5.73 Å². The maximum atomic E-state index is 5.09. The van der Waals surface area contributed by atoms with Crippen LogP contribution in [0.15, 0.2) is 0 Å². The molecule has 0 aromatic carbocycles. The summed E-state index contributed by atoms with van der Waals surface area (Å²) in [5.41, 5.74) is 5.09. The fourth-order valence-corrected chi connectivity index (χ4v) is 0. The summed E-state index contributed by atoms with van der Waals surface area (Å²) in [7, 11) is -0.221. The summed E-state index contributed by atoms with van der Waals surface area (Å²) in [4.78, 5) is 0. The Bertz CT molecular complexity index is 44.9. The third-order valence-electron chi connectivity index (χ3n) is 0.333. The van der Waals surface area contributed by atoms with Gasteiger partial charge in [0.1, 0.15) is 0 Å². The predicted octanol–water partition coefficient (Wildman–Crippen LogP) is 0.0409. The smallest absolute Gasteiger partial charge is 0.0236 e. The quantitative estimate of drug-likeness (QED) is 0.415. The van der Waals surface area contributed by atoms with Gasteiger partial charge in [-0.3, -0.25) is 0 Å². The fourth-order valence-electron chi connectivity index (χ4n) is 0. The average Bonchev–Trinajstić information content (AvgIpc) is 1.38.